The highest BCUT2D eigenvalue weighted by Crippen LogP contribution is 2.35. The molecule has 0 radical (unpaired) electrons. The fourth-order valence-electron chi connectivity index (χ4n) is 4.54. The van der Waals surface area contributed by atoms with Crippen LogP contribution in [0.5, 0.6) is 0 Å². The number of nitrogens with zero attached hydrogens (tertiary/aromatic N) is 2. The van der Waals surface area contributed by atoms with Crippen LogP contribution >= 0.6 is 11.6 Å². The van der Waals surface area contributed by atoms with E-state index in [1.165, 1.54) is 8.61 Å². The van der Waals surface area contributed by atoms with Crippen molar-refractivity contribution in [2.75, 3.05) is 30.6 Å². The number of carbonyl (C=O) groups excluding carboxylic acids is 1. The maximum Gasteiger partial charge on any atom is 0.304 e. The Kier molecular flexibility index (Phi) is 6.51. The summed E-state index contributed by atoms with van der Waals surface area (Å²) >= 11 is 6.25. The molecule has 3 aromatic carbocycles. The molecule has 0 atom stereocenters. The Hall–Kier alpha value is -2.97. The molecule has 0 saturated carbocycles. The molecule has 2 heterocycles. The molecule has 2 aliphatic rings. The van der Waals surface area contributed by atoms with Crippen molar-refractivity contribution in [2.45, 2.75) is 13.5 Å². The van der Waals surface area contributed by atoms with E-state index in [9.17, 15) is 13.2 Å². The highest BCUT2D eigenvalue weighted by molar-refractivity contribution is 7.90. The first-order valence-corrected chi connectivity index (χ1v) is 13.2. The summed E-state index contributed by atoms with van der Waals surface area (Å²) in [6, 6.07) is 18.6. The third-order valence-electron chi connectivity index (χ3n) is 6.35. The van der Waals surface area contributed by atoms with Gasteiger partial charge in [-0.05, 0) is 53.4 Å². The average molecular weight is 509 g/mol. The zero-order chi connectivity index (χ0) is 24.6. The third kappa shape index (κ3) is 4.65. The standard InChI is InChI=1S/C27H25ClN2O4S/c1-19(31)25-4-2-3-5-26(25)21-8-6-20-7-9-22-17-24(28)10-11-27(22)30(18-23(20)16-21)35(32,33)29-12-14-34-15-13-29/h2-11,16-17H,12-15,18H2,1H3. The Labute approximate surface area is 210 Å². The molecule has 0 N–H and O–H groups in total. The van der Waals surface area contributed by atoms with E-state index in [4.69, 9.17) is 16.3 Å². The first kappa shape index (κ1) is 23.8. The summed E-state index contributed by atoms with van der Waals surface area (Å²) in [5.41, 5.74) is 5.36. The van der Waals surface area contributed by atoms with Gasteiger partial charge in [0, 0.05) is 29.2 Å². The van der Waals surface area contributed by atoms with Crippen molar-refractivity contribution in [3.63, 3.8) is 0 Å². The van der Waals surface area contributed by atoms with Gasteiger partial charge in [-0.15, -0.1) is 0 Å². The average Bonchev–Trinajstić information content (AvgIpc) is 2.86. The third-order valence-corrected chi connectivity index (χ3v) is 8.49. The summed E-state index contributed by atoms with van der Waals surface area (Å²) in [7, 11) is -3.84. The van der Waals surface area contributed by atoms with Gasteiger partial charge >= 0.3 is 10.2 Å². The molecule has 0 unspecified atom stereocenters. The second-order valence-electron chi connectivity index (χ2n) is 8.58. The van der Waals surface area contributed by atoms with Gasteiger partial charge in [-0.2, -0.15) is 12.7 Å². The summed E-state index contributed by atoms with van der Waals surface area (Å²) in [6.45, 7) is 3.02. The quantitative estimate of drug-likeness (QED) is 0.450. The normalized spacial score (nSPS) is 16.2. The van der Waals surface area contributed by atoms with Crippen LogP contribution in [-0.4, -0.2) is 44.8 Å². The molecule has 1 fully saturated rings. The number of carbonyl (C=O) groups is 1. The van der Waals surface area contributed by atoms with E-state index >= 15 is 0 Å². The van der Waals surface area contributed by atoms with Gasteiger partial charge in [0.25, 0.3) is 0 Å². The Morgan fingerprint density at radius 3 is 2.46 bits per heavy atom. The number of hydrogen-bond donors (Lipinski definition) is 0. The van der Waals surface area contributed by atoms with E-state index in [-0.39, 0.29) is 12.3 Å². The van der Waals surface area contributed by atoms with Crippen LogP contribution in [0.2, 0.25) is 5.02 Å². The van der Waals surface area contributed by atoms with Crippen LogP contribution in [0.1, 0.15) is 34.0 Å². The topological polar surface area (TPSA) is 66.9 Å². The summed E-state index contributed by atoms with van der Waals surface area (Å²) in [6.07, 6.45) is 3.87. The van der Waals surface area contributed by atoms with Gasteiger partial charge in [0.15, 0.2) is 5.78 Å². The number of halogens is 1. The zero-order valence-electron chi connectivity index (χ0n) is 19.3. The molecule has 180 valence electrons. The van der Waals surface area contributed by atoms with Gasteiger partial charge in [-0.3, -0.25) is 9.10 Å². The van der Waals surface area contributed by atoms with Gasteiger partial charge in [0.2, 0.25) is 0 Å². The van der Waals surface area contributed by atoms with Crippen molar-refractivity contribution >= 4 is 45.4 Å². The lowest BCUT2D eigenvalue weighted by Gasteiger charge is -2.35. The number of Topliss-reactive ketones (excluding diaryl/α,β-unsaturated/α-hetero) is 1. The maximum absolute atomic E-state index is 13.9. The zero-order valence-corrected chi connectivity index (χ0v) is 20.8. The second kappa shape index (κ2) is 9.59. The van der Waals surface area contributed by atoms with Crippen LogP contribution in [0.25, 0.3) is 23.3 Å². The summed E-state index contributed by atoms with van der Waals surface area (Å²) in [5.74, 6) is -0.0189. The molecule has 0 aliphatic carbocycles. The van der Waals surface area contributed by atoms with Gasteiger partial charge in [0.1, 0.15) is 0 Å². The van der Waals surface area contributed by atoms with Crippen molar-refractivity contribution in [2.24, 2.45) is 0 Å². The first-order chi connectivity index (χ1) is 16.8. The van der Waals surface area contributed by atoms with Crippen LogP contribution in [0, 0.1) is 0 Å². The molecule has 1 saturated heterocycles. The van der Waals surface area contributed by atoms with Crippen LogP contribution < -0.4 is 4.31 Å². The van der Waals surface area contributed by atoms with E-state index in [0.717, 1.165) is 27.8 Å². The summed E-state index contributed by atoms with van der Waals surface area (Å²) in [5, 5.41) is 0.536. The van der Waals surface area contributed by atoms with E-state index in [0.29, 0.717) is 42.6 Å². The Bertz CT molecular complexity index is 1430. The summed E-state index contributed by atoms with van der Waals surface area (Å²) < 4.78 is 36.0. The molecule has 0 amide bonds. The molecule has 5 rings (SSSR count). The van der Waals surface area contributed by atoms with E-state index in [2.05, 4.69) is 0 Å². The largest absolute Gasteiger partial charge is 0.379 e. The molecule has 0 spiro atoms. The number of anilines is 1. The Morgan fingerprint density at radius 1 is 0.943 bits per heavy atom. The Morgan fingerprint density at radius 2 is 1.69 bits per heavy atom. The van der Waals surface area contributed by atoms with E-state index < -0.39 is 10.2 Å². The number of fused-ring (bicyclic) bond motifs is 2. The summed E-state index contributed by atoms with van der Waals surface area (Å²) in [4.78, 5) is 12.2. The lowest BCUT2D eigenvalue weighted by Crippen LogP contribution is -2.48. The number of hydrogen-bond acceptors (Lipinski definition) is 4. The predicted molar refractivity (Wildman–Crippen MR) is 140 cm³/mol. The van der Waals surface area contributed by atoms with E-state index in [1.54, 1.807) is 25.1 Å². The first-order valence-electron chi connectivity index (χ1n) is 11.4. The molecular weight excluding hydrogens is 484 g/mol. The minimum absolute atomic E-state index is 0.0189. The number of morpholine rings is 1. The van der Waals surface area contributed by atoms with Crippen LogP contribution in [0.15, 0.2) is 60.7 Å². The van der Waals surface area contributed by atoms with E-state index in [1.807, 2.05) is 54.6 Å². The fourth-order valence-corrected chi connectivity index (χ4v) is 6.33. The van der Waals surface area contributed by atoms with Gasteiger partial charge in [-0.25, -0.2) is 0 Å². The van der Waals surface area contributed by atoms with Crippen LogP contribution in [0.4, 0.5) is 5.69 Å². The van der Waals surface area contributed by atoms with Crippen molar-refractivity contribution in [1.29, 1.82) is 0 Å². The second-order valence-corrected chi connectivity index (χ2v) is 10.9. The molecule has 35 heavy (non-hydrogen) atoms. The molecule has 0 bridgehead atoms. The van der Waals surface area contributed by atoms with Gasteiger partial charge < -0.3 is 4.74 Å². The number of rotatable bonds is 4. The lowest BCUT2D eigenvalue weighted by molar-refractivity contribution is 0.0729. The minimum atomic E-state index is -3.84. The van der Waals surface area contributed by atoms with Crippen LogP contribution in [0.3, 0.4) is 0 Å². The van der Waals surface area contributed by atoms with Gasteiger partial charge in [0.05, 0.1) is 25.4 Å². The Balaban J connectivity index is 1.65. The van der Waals surface area contributed by atoms with Gasteiger partial charge in [-0.1, -0.05) is 60.2 Å². The van der Waals surface area contributed by atoms with Crippen molar-refractivity contribution in [3.05, 3.63) is 87.9 Å². The van der Waals surface area contributed by atoms with Crippen molar-refractivity contribution in [1.82, 2.24) is 4.31 Å². The highest BCUT2D eigenvalue weighted by Gasteiger charge is 2.33. The smallest absolute Gasteiger partial charge is 0.304 e. The molecule has 0 aromatic heterocycles. The van der Waals surface area contributed by atoms with Crippen molar-refractivity contribution < 1.29 is 17.9 Å². The highest BCUT2D eigenvalue weighted by atomic mass is 35.5. The number of ketones is 1. The van der Waals surface area contributed by atoms with Crippen LogP contribution in [-0.2, 0) is 21.5 Å². The maximum atomic E-state index is 13.9. The number of ether oxygens (including phenoxy) is 1. The molecule has 3 aromatic rings. The lowest BCUT2D eigenvalue weighted by atomic mass is 9.93. The minimum Gasteiger partial charge on any atom is -0.379 e. The molecule has 6 nitrogen and oxygen atoms in total. The SMILES string of the molecule is CC(=O)c1ccccc1-c1ccc2c(c1)CN(S(=O)(=O)N1CCOCC1)c1ccc(Cl)cc1C=C2. The number of benzene rings is 3. The molecule has 2 aliphatic heterocycles. The fraction of sp³-hybridized carbons (Fsp3) is 0.222. The van der Waals surface area contributed by atoms with Crippen molar-refractivity contribution in [3.8, 4) is 11.1 Å². The predicted octanol–water partition coefficient (Wildman–Crippen LogP) is 5.28. The molecular formula is C27H25ClN2O4S. The molecule has 8 heteroatoms. The monoisotopic (exact) mass is 508 g/mol.